The quantitative estimate of drug-likeness (QED) is 0.0752. The number of non-ortho nitro benzene ring substituents is 1. The van der Waals surface area contributed by atoms with Crippen molar-refractivity contribution in [3.05, 3.63) is 131 Å². The van der Waals surface area contributed by atoms with E-state index in [-0.39, 0.29) is 23.7 Å². The molecule has 11 heteroatoms. The lowest BCUT2D eigenvalue weighted by Crippen LogP contribution is -2.20. The number of rotatable bonds is 7. The first-order chi connectivity index (χ1) is 19.9. The van der Waals surface area contributed by atoms with Gasteiger partial charge in [0, 0.05) is 22.5 Å². The molecular formula is C30H18ClIN4O5. The molecule has 2 heterocycles. The fourth-order valence-electron chi connectivity index (χ4n) is 4.27. The Balaban J connectivity index is 1.32. The van der Waals surface area contributed by atoms with Gasteiger partial charge in [0.05, 0.1) is 25.6 Å². The molecule has 0 fully saturated rings. The highest BCUT2D eigenvalue weighted by molar-refractivity contribution is 14.1. The summed E-state index contributed by atoms with van der Waals surface area (Å²) in [5.74, 6) is 1.24. The van der Waals surface area contributed by atoms with Crippen molar-refractivity contribution in [1.82, 2.24) is 9.66 Å². The summed E-state index contributed by atoms with van der Waals surface area (Å²) < 4.78 is 13.9. The molecule has 0 aliphatic heterocycles. The van der Waals surface area contributed by atoms with E-state index in [0.717, 1.165) is 14.5 Å². The molecule has 0 saturated heterocycles. The van der Waals surface area contributed by atoms with E-state index in [4.69, 9.17) is 25.7 Å². The van der Waals surface area contributed by atoms with E-state index in [1.54, 1.807) is 72.9 Å². The molecule has 0 aliphatic carbocycles. The van der Waals surface area contributed by atoms with E-state index in [1.165, 1.54) is 16.8 Å². The van der Waals surface area contributed by atoms with E-state index in [2.05, 4.69) is 27.7 Å². The van der Waals surface area contributed by atoms with Gasteiger partial charge in [0.25, 0.3) is 11.2 Å². The van der Waals surface area contributed by atoms with Crippen molar-refractivity contribution in [3.8, 4) is 17.3 Å². The van der Waals surface area contributed by atoms with Gasteiger partial charge in [-0.25, -0.2) is 4.98 Å². The van der Waals surface area contributed by atoms with Crippen molar-refractivity contribution in [2.75, 3.05) is 0 Å². The van der Waals surface area contributed by atoms with Crippen LogP contribution in [0.3, 0.4) is 0 Å². The smallest absolute Gasteiger partial charge is 0.282 e. The zero-order valence-electron chi connectivity index (χ0n) is 21.0. The molecule has 0 saturated carbocycles. The number of ether oxygens (including phenoxy) is 1. The van der Waals surface area contributed by atoms with Gasteiger partial charge < -0.3 is 9.15 Å². The summed E-state index contributed by atoms with van der Waals surface area (Å²) in [5.41, 5.74) is 2.21. The molecule has 0 N–H and O–H groups in total. The predicted molar refractivity (Wildman–Crippen MR) is 166 cm³/mol. The molecule has 0 atom stereocenters. The van der Waals surface area contributed by atoms with Crippen LogP contribution in [0.15, 0.2) is 105 Å². The normalized spacial score (nSPS) is 11.5. The number of hydrogen-bond acceptors (Lipinski definition) is 7. The highest BCUT2D eigenvalue weighted by atomic mass is 127. The Morgan fingerprint density at radius 3 is 2.73 bits per heavy atom. The van der Waals surface area contributed by atoms with Gasteiger partial charge in [0.1, 0.15) is 17.9 Å². The second kappa shape index (κ2) is 11.1. The van der Waals surface area contributed by atoms with Crippen molar-refractivity contribution in [2.45, 2.75) is 6.61 Å². The van der Waals surface area contributed by atoms with Crippen LogP contribution in [-0.4, -0.2) is 20.8 Å². The fraction of sp³-hybridized carbons (Fsp3) is 0.0333. The van der Waals surface area contributed by atoms with Crippen LogP contribution in [0.2, 0.25) is 5.02 Å². The maximum absolute atomic E-state index is 13.5. The van der Waals surface area contributed by atoms with E-state index < -0.39 is 4.92 Å². The summed E-state index contributed by atoms with van der Waals surface area (Å²) in [7, 11) is 0. The van der Waals surface area contributed by atoms with Crippen LogP contribution >= 0.6 is 34.2 Å². The Labute approximate surface area is 250 Å². The number of nitrogens with zero attached hydrogens (tertiary/aromatic N) is 4. The van der Waals surface area contributed by atoms with Crippen molar-refractivity contribution < 1.29 is 14.1 Å². The standard InChI is InChI=1S/C30H18ClIN4O5/c31-21-9-11-26-20(14-21)15-28(41-26)29-34-25-7-2-1-6-23(25)30(37)35(29)33-16-18-8-10-27(24(32)13-18)40-17-19-4-3-5-22(12-19)36(38)39/h1-16H,17H2. The molecule has 0 amide bonds. The van der Waals surface area contributed by atoms with Crippen molar-refractivity contribution in [2.24, 2.45) is 5.10 Å². The van der Waals surface area contributed by atoms with Crippen LogP contribution in [0, 0.1) is 13.7 Å². The third-order valence-electron chi connectivity index (χ3n) is 6.25. The van der Waals surface area contributed by atoms with E-state index in [9.17, 15) is 14.9 Å². The maximum atomic E-state index is 13.5. The van der Waals surface area contributed by atoms with E-state index >= 15 is 0 Å². The summed E-state index contributed by atoms with van der Waals surface area (Å²) in [6.45, 7) is 0.176. The minimum absolute atomic E-state index is 0.0107. The van der Waals surface area contributed by atoms with Crippen LogP contribution in [0.25, 0.3) is 33.5 Å². The third-order valence-corrected chi connectivity index (χ3v) is 7.32. The topological polar surface area (TPSA) is 113 Å². The number of fused-ring (bicyclic) bond motifs is 2. The Kier molecular flexibility index (Phi) is 7.25. The van der Waals surface area contributed by atoms with Gasteiger partial charge in [0.15, 0.2) is 5.76 Å². The molecule has 0 radical (unpaired) electrons. The lowest BCUT2D eigenvalue weighted by atomic mass is 10.2. The zero-order valence-corrected chi connectivity index (χ0v) is 23.9. The number of halogens is 2. The number of para-hydroxylation sites is 1. The molecule has 4 aromatic carbocycles. The van der Waals surface area contributed by atoms with Crippen molar-refractivity contribution in [3.63, 3.8) is 0 Å². The highest BCUT2D eigenvalue weighted by Gasteiger charge is 2.17. The molecule has 0 aliphatic rings. The molecule has 9 nitrogen and oxygen atoms in total. The SMILES string of the molecule is O=c1c2ccccc2nc(-c2cc3cc(Cl)ccc3o2)n1N=Cc1ccc(OCc2cccc([N+](=O)[O-])c2)c(I)c1. The van der Waals surface area contributed by atoms with Crippen molar-refractivity contribution in [1.29, 1.82) is 0 Å². The molecule has 6 rings (SSSR count). The molecule has 6 aromatic rings. The Hall–Kier alpha value is -4.55. The Morgan fingerprint density at radius 2 is 1.90 bits per heavy atom. The molecule has 41 heavy (non-hydrogen) atoms. The van der Waals surface area contributed by atoms with Crippen LogP contribution in [-0.2, 0) is 6.61 Å². The summed E-state index contributed by atoms with van der Waals surface area (Å²) in [6.07, 6.45) is 1.56. The predicted octanol–water partition coefficient (Wildman–Crippen LogP) is 7.44. The molecule has 202 valence electrons. The summed E-state index contributed by atoms with van der Waals surface area (Å²) in [4.78, 5) is 28.8. The van der Waals surface area contributed by atoms with E-state index in [0.29, 0.717) is 38.6 Å². The number of aromatic nitrogens is 2. The monoisotopic (exact) mass is 676 g/mol. The summed E-state index contributed by atoms with van der Waals surface area (Å²) >= 11 is 8.29. The largest absolute Gasteiger partial charge is 0.488 e. The number of nitro groups is 1. The molecule has 0 spiro atoms. The van der Waals surface area contributed by atoms with E-state index in [1.807, 2.05) is 12.1 Å². The number of hydrogen-bond donors (Lipinski definition) is 0. The van der Waals surface area contributed by atoms with Crippen molar-refractivity contribution >= 4 is 68.0 Å². The fourth-order valence-corrected chi connectivity index (χ4v) is 5.15. The maximum Gasteiger partial charge on any atom is 0.282 e. The van der Waals surface area contributed by atoms with Gasteiger partial charge in [0.2, 0.25) is 5.82 Å². The van der Waals surface area contributed by atoms with Crippen LogP contribution in [0.4, 0.5) is 5.69 Å². The molecule has 2 aromatic heterocycles. The van der Waals surface area contributed by atoms with Crippen LogP contribution in [0.1, 0.15) is 11.1 Å². The van der Waals surface area contributed by atoms with Crippen LogP contribution < -0.4 is 10.3 Å². The molecule has 0 unspecified atom stereocenters. The van der Waals surface area contributed by atoms with Crippen LogP contribution in [0.5, 0.6) is 5.75 Å². The summed E-state index contributed by atoms with van der Waals surface area (Å²) in [6, 6.07) is 25.9. The minimum atomic E-state index is -0.437. The Bertz CT molecular complexity index is 2050. The lowest BCUT2D eigenvalue weighted by Gasteiger charge is -2.09. The van der Waals surface area contributed by atoms with Gasteiger partial charge >= 0.3 is 0 Å². The highest BCUT2D eigenvalue weighted by Crippen LogP contribution is 2.29. The second-order valence-corrected chi connectivity index (χ2v) is 10.6. The average molecular weight is 677 g/mol. The molecular weight excluding hydrogens is 659 g/mol. The summed E-state index contributed by atoms with van der Waals surface area (Å²) in [5, 5.41) is 17.3. The van der Waals surface area contributed by atoms with Gasteiger partial charge in [-0.05, 0) is 88.3 Å². The van der Waals surface area contributed by atoms with Gasteiger partial charge in [-0.15, -0.1) is 0 Å². The number of nitro benzene ring substituents is 1. The second-order valence-electron chi connectivity index (χ2n) is 9.01. The minimum Gasteiger partial charge on any atom is -0.488 e. The number of furan rings is 1. The Morgan fingerprint density at radius 1 is 1.05 bits per heavy atom. The third kappa shape index (κ3) is 5.56. The van der Waals surface area contributed by atoms with Gasteiger partial charge in [-0.3, -0.25) is 14.9 Å². The average Bonchev–Trinajstić information content (AvgIpc) is 3.39. The first kappa shape index (κ1) is 26.7. The zero-order chi connectivity index (χ0) is 28.5. The first-order valence-electron chi connectivity index (χ1n) is 12.3. The lowest BCUT2D eigenvalue weighted by molar-refractivity contribution is -0.384. The first-order valence-corrected chi connectivity index (χ1v) is 13.7. The van der Waals surface area contributed by atoms with Gasteiger partial charge in [-0.1, -0.05) is 35.9 Å². The number of benzene rings is 4. The van der Waals surface area contributed by atoms with Gasteiger partial charge in [-0.2, -0.15) is 9.78 Å². The molecule has 0 bridgehead atoms.